The number of nitrogens with one attached hydrogen (secondary N) is 7. The van der Waals surface area contributed by atoms with Gasteiger partial charge in [0, 0.05) is 79.4 Å². The molecule has 6 fully saturated rings. The van der Waals surface area contributed by atoms with Gasteiger partial charge in [0.25, 0.3) is 5.91 Å². The highest BCUT2D eigenvalue weighted by atomic mass is 35.5. The van der Waals surface area contributed by atoms with E-state index in [4.69, 9.17) is 66.8 Å². The average molecular weight is 1830 g/mol. The van der Waals surface area contributed by atoms with E-state index in [1.807, 2.05) is 13.8 Å². The maximum Gasteiger partial charge on any atom is 0.257 e. The Morgan fingerprint density at radius 2 is 1.30 bits per heavy atom. The third-order valence-electron chi connectivity index (χ3n) is 26.2. The number of ether oxygens (including phenoxy) is 8. The number of benzene rings is 6. The van der Waals surface area contributed by atoms with Gasteiger partial charge in [0.15, 0.2) is 52.7 Å². The number of aliphatic hydroxyl groups excluding tert-OH is 6. The van der Waals surface area contributed by atoms with Gasteiger partial charge in [-0.2, -0.15) is 0 Å². The number of nitrogens with two attached hydrogens (primary N) is 1. The predicted molar refractivity (Wildman–Crippen MR) is 464 cm³/mol. The summed E-state index contributed by atoms with van der Waals surface area (Å²) in [7, 11) is 3.42. The van der Waals surface area contributed by atoms with Crippen molar-refractivity contribution in [3.8, 4) is 68.6 Å². The summed E-state index contributed by atoms with van der Waals surface area (Å²) in [4.78, 5) is 141. The van der Waals surface area contributed by atoms with E-state index < -0.39 is 228 Å². The van der Waals surface area contributed by atoms with Crippen LogP contribution in [0.5, 0.6) is 57.5 Å². The topological polar surface area (TPSA) is 520 Å². The Hall–Kier alpha value is -10.2. The number of likely N-dealkylation sites (N-methyl/N-ethyl adjacent to an activating group) is 2. The number of aliphatic hydroxyl groups is 6. The second-order valence-corrected chi connectivity index (χ2v) is 36.8. The molecule has 15 bridgehead atoms. The average Bonchev–Trinajstić information content (AvgIpc) is 0.757. The van der Waals surface area contributed by atoms with Gasteiger partial charge >= 0.3 is 0 Å². The van der Waals surface area contributed by atoms with Crippen LogP contribution in [-0.2, 0) is 52.6 Å². The van der Waals surface area contributed by atoms with Gasteiger partial charge in [-0.25, -0.2) is 0 Å². The Balaban J connectivity index is 0.962. The zero-order valence-corrected chi connectivity index (χ0v) is 73.8. The number of amides is 6. The second kappa shape index (κ2) is 40.3. The molecule has 18 N–H and O–H groups in total. The molecule has 11 aliphatic rings. The van der Waals surface area contributed by atoms with Crippen LogP contribution in [-0.4, -0.2) is 213 Å². The molecule has 129 heavy (non-hydrogen) atoms. The zero-order chi connectivity index (χ0) is 92.5. The maximum absolute atomic E-state index is 16.9. The molecular formula is C93H112Cl2N8O26. The Labute approximate surface area is 754 Å². The standard InChI is InChI=1S/C93H112Cl2N8O26/c1-8-45(21-41(2)3)87(117)102-78-63(108)30-53(34-73(111)99-88(118)49-12-16-68(122-19-17-97-6)69(31-49)123-20-18-98-7)89(119)100-76-52-32-70(125-66-14-10-47(80(78)112)28-59(66)94)84(129-92-85(83(115)82(114)72(40-104)127-92)128-74-39-93(5,96)86(116)42(4)124-74)71(33-52)126-67-15-11-48(29-60(67)95)81(113)79-91(121)101-77(65(110)37-55-50-23-43-22-44(25-50)26-51(55)24-43)58-35-54(105)36-62(107)75(58)57-27-46(9-13-61(57)106)56(38-64(76)109)90(120)103-79/h9-16,27-29,31-33,35-36,41-45,50-51,53,55-56,72,74,76-83,85-86,92,97-98,104-107,112-116H,8,17-26,30,34,37-40,96H2,1-7H3,(H,100,119)(H,101,121)(H,102,117)(H,103,120)(H,99,111,118)/t42-,43?,44?,45+,50?,51?,53-,55?,56+,72+,74-,76+,77-,78-,79-,80+,81+,82+,83-,85+,86+,92-,93-/m0/s1. The van der Waals surface area contributed by atoms with E-state index in [9.17, 15) is 55.5 Å². The minimum Gasteiger partial charge on any atom is -0.508 e. The number of imide groups is 1. The Morgan fingerprint density at radius 3 is 1.91 bits per heavy atom. The molecule has 7 heterocycles. The third-order valence-corrected chi connectivity index (χ3v) is 26.8. The predicted octanol–water partition coefficient (Wildman–Crippen LogP) is 7.14. The number of aromatic hydroxyl groups is 3. The van der Waals surface area contributed by atoms with Crippen molar-refractivity contribution in [1.29, 1.82) is 0 Å². The lowest BCUT2D eigenvalue weighted by molar-refractivity contribution is -0.333. The smallest absolute Gasteiger partial charge is 0.257 e. The number of hydrogen-bond acceptors (Lipinski definition) is 29. The van der Waals surface area contributed by atoms with E-state index in [-0.39, 0.29) is 128 Å². The van der Waals surface area contributed by atoms with Crippen molar-refractivity contribution in [2.24, 2.45) is 53.1 Å². The van der Waals surface area contributed by atoms with Gasteiger partial charge in [-0.05, 0) is 209 Å². The maximum atomic E-state index is 16.9. The first-order chi connectivity index (χ1) is 61.5. The molecule has 6 amide bonds. The van der Waals surface area contributed by atoms with Crippen molar-refractivity contribution in [2.75, 3.05) is 47.0 Å². The number of carbonyl (C=O) groups is 9. The van der Waals surface area contributed by atoms with E-state index >= 15 is 33.6 Å². The molecule has 4 saturated carbocycles. The Bertz CT molecular complexity index is 5200. The first-order valence-corrected chi connectivity index (χ1v) is 44.5. The fourth-order valence-electron chi connectivity index (χ4n) is 19.7. The van der Waals surface area contributed by atoms with Crippen molar-refractivity contribution >= 4 is 76.0 Å². The van der Waals surface area contributed by atoms with Gasteiger partial charge in [-0.3, -0.25) is 48.5 Å². The quantitative estimate of drug-likeness (QED) is 0.0268. The molecule has 0 spiro atoms. The lowest BCUT2D eigenvalue weighted by Crippen LogP contribution is -2.64. The summed E-state index contributed by atoms with van der Waals surface area (Å²) in [5, 5.41) is 126. The summed E-state index contributed by atoms with van der Waals surface area (Å²) in [6.07, 6.45) is -15.8. The fourth-order valence-corrected chi connectivity index (χ4v) is 20.1. The lowest BCUT2D eigenvalue weighted by atomic mass is 9.51. The number of halogens is 2. The van der Waals surface area contributed by atoms with Gasteiger partial charge in [-0.15, -0.1) is 0 Å². The van der Waals surface area contributed by atoms with E-state index in [1.54, 1.807) is 21.0 Å². The number of Topliss-reactive ketones (excluding diaryl/α,β-unsaturated/α-hetero) is 3. The fraction of sp³-hybridized carbons (Fsp3) is 0.516. The van der Waals surface area contributed by atoms with Crippen LogP contribution < -0.4 is 66.6 Å². The van der Waals surface area contributed by atoms with E-state index in [2.05, 4.69) is 37.2 Å². The minimum atomic E-state index is -2.28. The van der Waals surface area contributed by atoms with Crippen molar-refractivity contribution in [1.82, 2.24) is 37.2 Å². The SMILES string of the molecule is CC[C@H](CC(C)C)C(=O)N[C@H]1C(=O)C[C@@H](CC(=O)NC(=O)c2ccc(OCCNC)c(OCCNC)c2)C(=O)N[C@H]2C(=O)C[C@H]3C(=O)N[C@H](C(=O)N[C@H](C(=O)CC4C5CC6CC(C5)CC4C6)c4cc(O)cc(O)c4-c4cc3ccc4O)[C@H](O)c3ccc(c(Cl)c3)Oc3cc2cc(c3O[C@@H]2O[C@H](CO)[C@@H](O)[C@H](O)[C@H]2O[C@H]2C[C@](C)(N)[C@H](O)[C@H](C)O2)Oc2ccc(cc2Cl)[C@H]1O. The lowest BCUT2D eigenvalue weighted by Gasteiger charge is -2.54. The van der Waals surface area contributed by atoms with Crippen molar-refractivity contribution in [2.45, 2.75) is 209 Å². The van der Waals surface area contributed by atoms with Gasteiger partial charge in [0.2, 0.25) is 41.6 Å². The molecule has 694 valence electrons. The monoisotopic (exact) mass is 1830 g/mol. The summed E-state index contributed by atoms with van der Waals surface area (Å²) >= 11 is 14.6. The summed E-state index contributed by atoms with van der Waals surface area (Å²) in [6, 6.07) is 11.1. The van der Waals surface area contributed by atoms with Crippen LogP contribution in [0, 0.1) is 47.3 Å². The van der Waals surface area contributed by atoms with Crippen LogP contribution in [0.1, 0.15) is 180 Å². The molecule has 17 rings (SSSR count). The zero-order valence-electron chi connectivity index (χ0n) is 72.3. The molecule has 4 aliphatic carbocycles. The molecule has 36 heteroatoms. The number of hydrogen-bond donors (Lipinski definition) is 17. The van der Waals surface area contributed by atoms with E-state index in [1.165, 1.54) is 74.5 Å². The Kier molecular flexibility index (Phi) is 29.7. The molecule has 34 nitrogen and oxygen atoms in total. The van der Waals surface area contributed by atoms with E-state index in [0.717, 1.165) is 68.5 Å². The highest BCUT2D eigenvalue weighted by Gasteiger charge is 2.53. The van der Waals surface area contributed by atoms with Gasteiger partial charge in [0.1, 0.15) is 96.6 Å². The van der Waals surface area contributed by atoms with Crippen LogP contribution in [0.15, 0.2) is 97.1 Å². The van der Waals surface area contributed by atoms with Crippen LogP contribution in [0.25, 0.3) is 11.1 Å². The molecule has 6 aromatic rings. The van der Waals surface area contributed by atoms with Crippen LogP contribution in [0.4, 0.5) is 0 Å². The molecule has 0 radical (unpaired) electrons. The highest BCUT2D eigenvalue weighted by Crippen LogP contribution is 2.59. The molecule has 6 aromatic carbocycles. The molecule has 2 saturated heterocycles. The highest BCUT2D eigenvalue weighted by molar-refractivity contribution is 6.32. The summed E-state index contributed by atoms with van der Waals surface area (Å²) < 4.78 is 51.3. The minimum absolute atomic E-state index is 0.0646. The third kappa shape index (κ3) is 20.9. The van der Waals surface area contributed by atoms with Gasteiger partial charge < -0.3 is 121 Å². The van der Waals surface area contributed by atoms with Gasteiger partial charge in [-0.1, -0.05) is 62.2 Å². The number of phenolic OH excluding ortho intramolecular Hbond substituents is 3. The van der Waals surface area contributed by atoms with Crippen molar-refractivity contribution in [3.63, 3.8) is 0 Å². The summed E-state index contributed by atoms with van der Waals surface area (Å²) in [5.74, 6) is -17.2. The molecular weight excluding hydrogens is 1720 g/mol. The number of carbonyl (C=O) groups excluding carboxylic acids is 9. The van der Waals surface area contributed by atoms with Gasteiger partial charge in [0.05, 0.1) is 40.7 Å². The second-order valence-electron chi connectivity index (χ2n) is 36.0. The van der Waals surface area contributed by atoms with Crippen molar-refractivity contribution < 1.29 is 127 Å². The molecule has 7 aliphatic heterocycles. The number of ketones is 3. The normalized spacial score (nSPS) is 29.9. The molecule has 0 aromatic heterocycles. The summed E-state index contributed by atoms with van der Waals surface area (Å²) in [6.45, 7) is 8.64. The number of rotatable bonds is 24. The first kappa shape index (κ1) is 95.0. The first-order valence-electron chi connectivity index (χ1n) is 43.8. The van der Waals surface area contributed by atoms with Crippen molar-refractivity contribution in [3.05, 3.63) is 140 Å². The number of fused-ring (bicyclic) bond motifs is 15. The molecule has 0 unspecified atom stereocenters. The van der Waals surface area contributed by atoms with Crippen LogP contribution in [0.3, 0.4) is 0 Å². The number of phenols is 3. The molecule has 18 atom stereocenters. The van der Waals surface area contributed by atoms with Crippen LogP contribution >= 0.6 is 23.2 Å². The van der Waals surface area contributed by atoms with Crippen LogP contribution in [0.2, 0.25) is 10.0 Å². The van der Waals surface area contributed by atoms with E-state index in [0.29, 0.717) is 31.3 Å². The summed E-state index contributed by atoms with van der Waals surface area (Å²) in [5.41, 5.74) is 3.35. The largest absolute Gasteiger partial charge is 0.508 e. The Morgan fingerprint density at radius 1 is 0.667 bits per heavy atom.